The van der Waals surface area contributed by atoms with Gasteiger partial charge in [0.2, 0.25) is 11.8 Å². The number of anilines is 1. The van der Waals surface area contributed by atoms with Crippen molar-refractivity contribution in [3.63, 3.8) is 0 Å². The molecule has 128 valence electrons. The van der Waals surface area contributed by atoms with Crippen LogP contribution in [0.2, 0.25) is 0 Å². The van der Waals surface area contributed by atoms with Crippen LogP contribution in [0.4, 0.5) is 5.69 Å². The van der Waals surface area contributed by atoms with Crippen LogP contribution in [-0.2, 0) is 9.59 Å². The lowest BCUT2D eigenvalue weighted by Crippen LogP contribution is -2.29. The second kappa shape index (κ2) is 7.71. The van der Waals surface area contributed by atoms with Gasteiger partial charge in [-0.15, -0.1) is 11.3 Å². The molecule has 25 heavy (non-hydrogen) atoms. The average Bonchev–Trinajstić information content (AvgIpc) is 3.28. The average molecular weight is 355 g/mol. The van der Waals surface area contributed by atoms with E-state index in [0.29, 0.717) is 11.5 Å². The zero-order chi connectivity index (χ0) is 17.6. The summed E-state index contributed by atoms with van der Waals surface area (Å²) < 4.78 is 1.58. The van der Waals surface area contributed by atoms with Crippen LogP contribution in [0.1, 0.15) is 24.3 Å². The van der Waals surface area contributed by atoms with Gasteiger partial charge in [-0.3, -0.25) is 9.59 Å². The number of aromatic nitrogens is 3. The Kier molecular flexibility index (Phi) is 5.20. The van der Waals surface area contributed by atoms with Crippen LogP contribution in [0.25, 0.3) is 5.82 Å². The van der Waals surface area contributed by atoms with E-state index in [1.54, 1.807) is 41.5 Å². The third-order valence-corrected chi connectivity index (χ3v) is 4.42. The fourth-order valence-corrected chi connectivity index (χ4v) is 3.19. The van der Waals surface area contributed by atoms with Crippen LogP contribution in [0.15, 0.2) is 54.3 Å². The van der Waals surface area contributed by atoms with Gasteiger partial charge in [-0.1, -0.05) is 6.07 Å². The summed E-state index contributed by atoms with van der Waals surface area (Å²) in [5.74, 6) is 0.145. The van der Waals surface area contributed by atoms with Crippen LogP contribution in [0.3, 0.4) is 0 Å². The summed E-state index contributed by atoms with van der Waals surface area (Å²) in [7, 11) is 0. The van der Waals surface area contributed by atoms with Gasteiger partial charge >= 0.3 is 0 Å². The number of nitrogens with zero attached hydrogens (tertiary/aromatic N) is 3. The lowest BCUT2D eigenvalue weighted by molar-refractivity contribution is -0.120. The van der Waals surface area contributed by atoms with Crippen molar-refractivity contribution in [2.75, 3.05) is 5.32 Å². The predicted molar refractivity (Wildman–Crippen MR) is 95.5 cm³/mol. The number of hydrogen-bond acceptors (Lipinski definition) is 5. The third kappa shape index (κ3) is 4.30. The van der Waals surface area contributed by atoms with Gasteiger partial charge in [0, 0.05) is 30.4 Å². The Morgan fingerprint density at radius 3 is 2.80 bits per heavy atom. The first-order chi connectivity index (χ1) is 12.1. The summed E-state index contributed by atoms with van der Waals surface area (Å²) in [6.07, 6.45) is 5.17. The van der Waals surface area contributed by atoms with Crippen LogP contribution < -0.4 is 10.6 Å². The maximum absolute atomic E-state index is 12.5. The Bertz CT molecular complexity index is 846. The molecule has 8 heteroatoms. The second-order valence-corrected chi connectivity index (χ2v) is 6.33. The molecule has 2 amide bonds. The highest BCUT2D eigenvalue weighted by molar-refractivity contribution is 7.10. The number of hydrogen-bond donors (Lipinski definition) is 2. The van der Waals surface area contributed by atoms with Gasteiger partial charge in [-0.25, -0.2) is 9.67 Å². The van der Waals surface area contributed by atoms with E-state index < -0.39 is 0 Å². The van der Waals surface area contributed by atoms with Crippen molar-refractivity contribution in [1.29, 1.82) is 0 Å². The van der Waals surface area contributed by atoms with E-state index >= 15 is 0 Å². The number of pyridine rings is 1. The Morgan fingerprint density at radius 2 is 2.12 bits per heavy atom. The highest BCUT2D eigenvalue weighted by Gasteiger charge is 2.19. The Morgan fingerprint density at radius 1 is 1.24 bits per heavy atom. The van der Waals surface area contributed by atoms with Crippen LogP contribution in [-0.4, -0.2) is 26.6 Å². The minimum atomic E-state index is -0.359. The number of carbonyl (C=O) groups is 2. The van der Waals surface area contributed by atoms with Gasteiger partial charge in [0.15, 0.2) is 5.82 Å². The zero-order valence-electron chi connectivity index (χ0n) is 13.5. The molecule has 0 aliphatic carbocycles. The van der Waals surface area contributed by atoms with Crippen molar-refractivity contribution in [3.05, 3.63) is 59.2 Å². The fourth-order valence-electron chi connectivity index (χ4n) is 2.42. The number of carbonyl (C=O) groups excluding carboxylic acids is 2. The molecule has 0 fully saturated rings. The highest BCUT2D eigenvalue weighted by atomic mass is 32.1. The summed E-state index contributed by atoms with van der Waals surface area (Å²) in [5.41, 5.74) is 0.559. The largest absolute Gasteiger partial charge is 0.348 e. The van der Waals surface area contributed by atoms with Crippen molar-refractivity contribution in [2.24, 2.45) is 0 Å². The summed E-state index contributed by atoms with van der Waals surface area (Å²) in [5, 5.41) is 11.7. The summed E-state index contributed by atoms with van der Waals surface area (Å²) in [4.78, 5) is 29.1. The first-order valence-electron chi connectivity index (χ1n) is 7.69. The summed E-state index contributed by atoms with van der Waals surface area (Å²) in [6.45, 7) is 1.44. The van der Waals surface area contributed by atoms with Crippen LogP contribution in [0.5, 0.6) is 0 Å². The fraction of sp³-hybridized carbons (Fsp3) is 0.176. The van der Waals surface area contributed by atoms with Gasteiger partial charge in [-0.05, 0) is 29.6 Å². The highest BCUT2D eigenvalue weighted by Crippen LogP contribution is 2.23. The normalized spacial score (nSPS) is 11.7. The molecule has 1 unspecified atom stereocenters. The molecule has 0 bridgehead atoms. The van der Waals surface area contributed by atoms with Crippen LogP contribution >= 0.6 is 11.3 Å². The molecule has 0 aromatic carbocycles. The molecule has 0 saturated carbocycles. The molecular weight excluding hydrogens is 338 g/mol. The van der Waals surface area contributed by atoms with E-state index in [1.165, 1.54) is 18.3 Å². The standard InChI is InChI=1S/C17H17N5O2S/c1-12(23)20-14(15-6-3-10-25-15)11-16(24)21-13-5-2-7-18-17(13)22-9-4-8-19-22/h2-10,14H,11H2,1H3,(H,20,23)(H,21,24). The van der Waals surface area contributed by atoms with Crippen molar-refractivity contribution >= 4 is 28.8 Å². The lowest BCUT2D eigenvalue weighted by Gasteiger charge is -2.17. The van der Waals surface area contributed by atoms with Gasteiger partial charge < -0.3 is 10.6 Å². The van der Waals surface area contributed by atoms with E-state index in [0.717, 1.165) is 4.88 Å². The minimum Gasteiger partial charge on any atom is -0.348 e. The number of thiophene rings is 1. The minimum absolute atomic E-state index is 0.132. The summed E-state index contributed by atoms with van der Waals surface area (Å²) in [6, 6.07) is 8.72. The molecule has 3 aromatic rings. The van der Waals surface area contributed by atoms with E-state index in [4.69, 9.17) is 0 Å². The molecule has 1 atom stereocenters. The van der Waals surface area contributed by atoms with Gasteiger partial charge in [0.25, 0.3) is 0 Å². The Balaban J connectivity index is 1.75. The molecule has 3 aromatic heterocycles. The molecule has 0 aliphatic rings. The Hall–Kier alpha value is -3.00. The molecule has 3 heterocycles. The summed E-state index contributed by atoms with van der Waals surface area (Å²) >= 11 is 1.50. The lowest BCUT2D eigenvalue weighted by atomic mass is 10.1. The maximum atomic E-state index is 12.5. The number of amides is 2. The van der Waals surface area contributed by atoms with Crippen LogP contribution in [0, 0.1) is 0 Å². The number of nitrogens with one attached hydrogen (secondary N) is 2. The van der Waals surface area contributed by atoms with E-state index in [-0.39, 0.29) is 24.3 Å². The molecule has 0 aliphatic heterocycles. The number of rotatable bonds is 6. The molecule has 0 radical (unpaired) electrons. The SMILES string of the molecule is CC(=O)NC(CC(=O)Nc1cccnc1-n1cccn1)c1cccs1. The van der Waals surface area contributed by atoms with E-state index in [2.05, 4.69) is 20.7 Å². The van der Waals surface area contributed by atoms with Crippen molar-refractivity contribution in [2.45, 2.75) is 19.4 Å². The van der Waals surface area contributed by atoms with Gasteiger partial charge in [-0.2, -0.15) is 5.10 Å². The predicted octanol–water partition coefficient (Wildman–Crippen LogP) is 2.53. The topological polar surface area (TPSA) is 88.9 Å². The maximum Gasteiger partial charge on any atom is 0.226 e. The first-order valence-corrected chi connectivity index (χ1v) is 8.57. The molecule has 0 spiro atoms. The molecular formula is C17H17N5O2S. The Labute approximate surface area is 148 Å². The molecule has 0 saturated heterocycles. The second-order valence-electron chi connectivity index (χ2n) is 5.35. The zero-order valence-corrected chi connectivity index (χ0v) is 14.4. The van der Waals surface area contributed by atoms with Crippen molar-refractivity contribution in [1.82, 2.24) is 20.1 Å². The van der Waals surface area contributed by atoms with E-state index in [1.807, 2.05) is 17.5 Å². The molecule has 2 N–H and O–H groups in total. The molecule has 3 rings (SSSR count). The third-order valence-electron chi connectivity index (χ3n) is 3.44. The van der Waals surface area contributed by atoms with Gasteiger partial charge in [0.05, 0.1) is 18.2 Å². The quantitative estimate of drug-likeness (QED) is 0.711. The smallest absolute Gasteiger partial charge is 0.226 e. The first kappa shape index (κ1) is 16.8. The van der Waals surface area contributed by atoms with Gasteiger partial charge in [0.1, 0.15) is 0 Å². The van der Waals surface area contributed by atoms with E-state index in [9.17, 15) is 9.59 Å². The molecule has 7 nitrogen and oxygen atoms in total. The van der Waals surface area contributed by atoms with Crippen molar-refractivity contribution < 1.29 is 9.59 Å². The monoisotopic (exact) mass is 355 g/mol. The van der Waals surface area contributed by atoms with Crippen molar-refractivity contribution in [3.8, 4) is 5.82 Å².